The number of amides is 4. The Hall–Kier alpha value is -2.32. The number of urea groups is 1. The first-order valence-electron chi connectivity index (χ1n) is 11.1. The molecule has 170 valence electrons. The van der Waals surface area contributed by atoms with Crippen molar-refractivity contribution in [2.75, 3.05) is 57.7 Å². The maximum absolute atomic E-state index is 12.4. The first-order chi connectivity index (χ1) is 15.0. The lowest BCUT2D eigenvalue weighted by atomic mass is 10.2. The SMILES string of the molecule is O=C(CN1CCN(C(=O)Nc2ccc(Cl)cc2)CC1=O)NCCCN1CCCCCC1. The summed E-state index contributed by atoms with van der Waals surface area (Å²) in [4.78, 5) is 42.4. The van der Waals surface area contributed by atoms with Crippen LogP contribution in [0.5, 0.6) is 0 Å². The van der Waals surface area contributed by atoms with E-state index in [2.05, 4.69) is 15.5 Å². The van der Waals surface area contributed by atoms with Gasteiger partial charge in [-0.2, -0.15) is 0 Å². The number of piperazine rings is 1. The molecule has 2 aliphatic rings. The van der Waals surface area contributed by atoms with Crippen LogP contribution in [0.15, 0.2) is 24.3 Å². The zero-order valence-electron chi connectivity index (χ0n) is 17.9. The number of carbonyl (C=O) groups is 3. The van der Waals surface area contributed by atoms with Crippen molar-refractivity contribution >= 4 is 35.1 Å². The molecule has 4 amide bonds. The van der Waals surface area contributed by atoms with E-state index in [1.165, 1.54) is 35.5 Å². The highest BCUT2D eigenvalue weighted by molar-refractivity contribution is 6.30. The molecule has 31 heavy (non-hydrogen) atoms. The molecular formula is C22H32ClN5O3. The summed E-state index contributed by atoms with van der Waals surface area (Å²) in [7, 11) is 0. The average Bonchev–Trinajstić information content (AvgIpc) is 3.03. The van der Waals surface area contributed by atoms with E-state index in [1.54, 1.807) is 24.3 Å². The van der Waals surface area contributed by atoms with Crippen LogP contribution in [-0.2, 0) is 9.59 Å². The molecule has 9 heteroatoms. The highest BCUT2D eigenvalue weighted by Gasteiger charge is 2.28. The summed E-state index contributed by atoms with van der Waals surface area (Å²) in [5.74, 6) is -0.375. The molecule has 2 heterocycles. The number of carbonyl (C=O) groups excluding carboxylic acids is 3. The Labute approximate surface area is 188 Å². The predicted octanol–water partition coefficient (Wildman–Crippen LogP) is 2.40. The molecule has 0 bridgehead atoms. The lowest BCUT2D eigenvalue weighted by Crippen LogP contribution is -2.55. The molecule has 1 aromatic carbocycles. The second-order valence-corrected chi connectivity index (χ2v) is 8.57. The van der Waals surface area contributed by atoms with Crippen LogP contribution in [0, 0.1) is 0 Å². The maximum Gasteiger partial charge on any atom is 0.322 e. The third kappa shape index (κ3) is 7.70. The van der Waals surface area contributed by atoms with Gasteiger partial charge < -0.3 is 25.3 Å². The first kappa shape index (κ1) is 23.3. The average molecular weight is 450 g/mol. The molecule has 0 saturated carbocycles. The Morgan fingerprint density at radius 3 is 2.35 bits per heavy atom. The van der Waals surface area contributed by atoms with Crippen molar-refractivity contribution in [3.8, 4) is 0 Å². The lowest BCUT2D eigenvalue weighted by Gasteiger charge is -2.33. The van der Waals surface area contributed by atoms with Gasteiger partial charge in [-0.3, -0.25) is 9.59 Å². The number of likely N-dealkylation sites (tertiary alicyclic amines) is 1. The Balaban J connectivity index is 1.33. The van der Waals surface area contributed by atoms with E-state index >= 15 is 0 Å². The third-order valence-corrected chi connectivity index (χ3v) is 5.96. The van der Waals surface area contributed by atoms with Gasteiger partial charge in [0, 0.05) is 30.3 Å². The van der Waals surface area contributed by atoms with Crippen LogP contribution in [0.2, 0.25) is 5.02 Å². The van der Waals surface area contributed by atoms with Crippen molar-refractivity contribution in [3.05, 3.63) is 29.3 Å². The normalized spacial score (nSPS) is 17.9. The molecular weight excluding hydrogens is 418 g/mol. The summed E-state index contributed by atoms with van der Waals surface area (Å²) >= 11 is 5.85. The number of rotatable bonds is 7. The summed E-state index contributed by atoms with van der Waals surface area (Å²) < 4.78 is 0. The number of halogens is 1. The largest absolute Gasteiger partial charge is 0.355 e. The summed E-state index contributed by atoms with van der Waals surface area (Å²) in [5, 5.41) is 6.25. The molecule has 0 aliphatic carbocycles. The highest BCUT2D eigenvalue weighted by atomic mass is 35.5. The standard InChI is InChI=1S/C22H32ClN5O3/c23-18-6-8-19(9-7-18)25-22(31)28-15-14-27(21(30)17-28)16-20(29)24-10-5-13-26-11-3-1-2-4-12-26/h6-9H,1-5,10-17H2,(H,24,29)(H,25,31). The van der Waals surface area contributed by atoms with Crippen LogP contribution in [0.4, 0.5) is 10.5 Å². The van der Waals surface area contributed by atoms with Crippen LogP contribution >= 0.6 is 11.6 Å². The molecule has 1 aromatic rings. The van der Waals surface area contributed by atoms with E-state index in [-0.39, 0.29) is 30.9 Å². The predicted molar refractivity (Wildman–Crippen MR) is 121 cm³/mol. The number of nitrogens with one attached hydrogen (secondary N) is 2. The monoisotopic (exact) mass is 449 g/mol. The fraction of sp³-hybridized carbons (Fsp3) is 0.591. The van der Waals surface area contributed by atoms with Gasteiger partial charge in [0.15, 0.2) is 0 Å². The summed E-state index contributed by atoms with van der Waals surface area (Å²) in [6, 6.07) is 6.44. The van der Waals surface area contributed by atoms with Crippen molar-refractivity contribution in [2.45, 2.75) is 32.1 Å². The molecule has 2 aliphatic heterocycles. The van der Waals surface area contributed by atoms with Crippen LogP contribution < -0.4 is 10.6 Å². The molecule has 0 spiro atoms. The minimum Gasteiger partial charge on any atom is -0.355 e. The van der Waals surface area contributed by atoms with Crippen molar-refractivity contribution in [3.63, 3.8) is 0 Å². The van der Waals surface area contributed by atoms with Crippen molar-refractivity contribution in [1.82, 2.24) is 20.0 Å². The van der Waals surface area contributed by atoms with E-state index < -0.39 is 0 Å². The minimum atomic E-state index is -0.340. The van der Waals surface area contributed by atoms with Gasteiger partial charge in [-0.1, -0.05) is 24.4 Å². The van der Waals surface area contributed by atoms with E-state index in [0.29, 0.717) is 30.3 Å². The van der Waals surface area contributed by atoms with Crippen molar-refractivity contribution in [2.24, 2.45) is 0 Å². The highest BCUT2D eigenvalue weighted by Crippen LogP contribution is 2.14. The second-order valence-electron chi connectivity index (χ2n) is 8.13. The Kier molecular flexibility index (Phi) is 8.97. The molecule has 0 unspecified atom stereocenters. The van der Waals surface area contributed by atoms with Crippen LogP contribution in [0.3, 0.4) is 0 Å². The fourth-order valence-electron chi connectivity index (χ4n) is 3.90. The summed E-state index contributed by atoms with van der Waals surface area (Å²) in [6.45, 7) is 4.64. The molecule has 2 fully saturated rings. The zero-order valence-corrected chi connectivity index (χ0v) is 18.7. The third-order valence-electron chi connectivity index (χ3n) is 5.71. The molecule has 2 saturated heterocycles. The number of benzene rings is 1. The van der Waals surface area contributed by atoms with Crippen molar-refractivity contribution < 1.29 is 14.4 Å². The van der Waals surface area contributed by atoms with Gasteiger partial charge >= 0.3 is 6.03 Å². The van der Waals surface area contributed by atoms with E-state index in [0.717, 1.165) is 26.1 Å². The van der Waals surface area contributed by atoms with Gasteiger partial charge in [0.1, 0.15) is 6.54 Å². The van der Waals surface area contributed by atoms with Gasteiger partial charge in [0.05, 0.1) is 6.54 Å². The zero-order chi connectivity index (χ0) is 22.1. The topological polar surface area (TPSA) is 85.0 Å². The quantitative estimate of drug-likeness (QED) is 0.626. The van der Waals surface area contributed by atoms with Gasteiger partial charge in [-0.05, 0) is 63.2 Å². The fourth-order valence-corrected chi connectivity index (χ4v) is 4.03. The summed E-state index contributed by atoms with van der Waals surface area (Å²) in [5.41, 5.74) is 0.615. The molecule has 0 atom stereocenters. The lowest BCUT2D eigenvalue weighted by molar-refractivity contribution is -0.139. The van der Waals surface area contributed by atoms with Crippen LogP contribution in [-0.4, -0.2) is 84.9 Å². The second kappa shape index (κ2) is 11.9. The van der Waals surface area contributed by atoms with Gasteiger partial charge in [-0.25, -0.2) is 4.79 Å². The Bertz CT molecular complexity index is 750. The Morgan fingerprint density at radius 2 is 1.68 bits per heavy atom. The number of anilines is 1. The van der Waals surface area contributed by atoms with Crippen LogP contribution in [0.25, 0.3) is 0 Å². The van der Waals surface area contributed by atoms with Gasteiger partial charge in [0.2, 0.25) is 11.8 Å². The number of hydrogen-bond donors (Lipinski definition) is 2. The maximum atomic E-state index is 12.4. The number of hydrogen-bond acceptors (Lipinski definition) is 4. The molecule has 2 N–H and O–H groups in total. The minimum absolute atomic E-state index is 0.0369. The number of nitrogens with zero attached hydrogens (tertiary/aromatic N) is 3. The van der Waals surface area contributed by atoms with Crippen molar-refractivity contribution in [1.29, 1.82) is 0 Å². The molecule has 8 nitrogen and oxygen atoms in total. The first-order valence-corrected chi connectivity index (χ1v) is 11.5. The van der Waals surface area contributed by atoms with Crippen LogP contribution in [0.1, 0.15) is 32.1 Å². The van der Waals surface area contributed by atoms with E-state index in [4.69, 9.17) is 11.6 Å². The molecule has 0 radical (unpaired) electrons. The van der Waals surface area contributed by atoms with Gasteiger partial charge in [0.25, 0.3) is 0 Å². The Morgan fingerprint density at radius 1 is 0.968 bits per heavy atom. The molecule has 3 rings (SSSR count). The van der Waals surface area contributed by atoms with E-state index in [1.807, 2.05) is 0 Å². The smallest absolute Gasteiger partial charge is 0.322 e. The summed E-state index contributed by atoms with van der Waals surface area (Å²) in [6.07, 6.45) is 6.07. The van der Waals surface area contributed by atoms with E-state index in [9.17, 15) is 14.4 Å². The van der Waals surface area contributed by atoms with Gasteiger partial charge in [-0.15, -0.1) is 0 Å². The molecule has 0 aromatic heterocycles.